The lowest BCUT2D eigenvalue weighted by Crippen LogP contribution is -2.01. The molecule has 19 heavy (non-hydrogen) atoms. The van der Waals surface area contributed by atoms with Gasteiger partial charge < -0.3 is 15.0 Å². The maximum atomic E-state index is 5.19. The summed E-state index contributed by atoms with van der Waals surface area (Å²) in [5.74, 6) is 1.76. The molecular weight excluding hydrogens is 238 g/mol. The molecule has 0 atom stereocenters. The van der Waals surface area contributed by atoms with Gasteiger partial charge in [0.15, 0.2) is 0 Å². The first-order valence-electron chi connectivity index (χ1n) is 6.17. The molecule has 96 valence electrons. The summed E-state index contributed by atoms with van der Waals surface area (Å²) in [5, 5.41) is 3.32. The molecule has 0 spiro atoms. The van der Waals surface area contributed by atoms with E-state index in [0.29, 0.717) is 6.54 Å². The zero-order chi connectivity index (χ0) is 13.1. The van der Waals surface area contributed by atoms with Crippen molar-refractivity contribution < 1.29 is 4.74 Å². The molecule has 0 aliphatic heterocycles. The van der Waals surface area contributed by atoms with Crippen LogP contribution in [-0.4, -0.2) is 17.1 Å². The minimum Gasteiger partial charge on any atom is -0.497 e. The fourth-order valence-corrected chi connectivity index (χ4v) is 2.01. The summed E-state index contributed by atoms with van der Waals surface area (Å²) < 4.78 is 5.19. The average Bonchev–Trinajstić information content (AvgIpc) is 2.88. The molecule has 4 nitrogen and oxygen atoms in total. The maximum Gasteiger partial charge on any atom is 0.126 e. The summed E-state index contributed by atoms with van der Waals surface area (Å²) in [6.45, 7) is 0.655. The number of nitrogens with one attached hydrogen (secondary N) is 2. The Labute approximate surface area is 111 Å². The van der Waals surface area contributed by atoms with Crippen molar-refractivity contribution in [1.82, 2.24) is 9.97 Å². The van der Waals surface area contributed by atoms with Crippen molar-refractivity contribution in [3.8, 4) is 5.75 Å². The number of aromatic amines is 1. The van der Waals surface area contributed by atoms with Gasteiger partial charge in [0.2, 0.25) is 0 Å². The number of hydrogen-bond donors (Lipinski definition) is 2. The van der Waals surface area contributed by atoms with E-state index in [4.69, 9.17) is 4.74 Å². The van der Waals surface area contributed by atoms with Gasteiger partial charge in [-0.2, -0.15) is 0 Å². The number of methoxy groups -OCH3 is 1. The quantitative estimate of drug-likeness (QED) is 0.750. The van der Waals surface area contributed by atoms with Crippen LogP contribution in [0.2, 0.25) is 0 Å². The third-order valence-corrected chi connectivity index (χ3v) is 2.97. The maximum absolute atomic E-state index is 5.19. The van der Waals surface area contributed by atoms with Crippen LogP contribution in [0.3, 0.4) is 0 Å². The molecule has 0 amide bonds. The zero-order valence-corrected chi connectivity index (χ0v) is 10.7. The third-order valence-electron chi connectivity index (χ3n) is 2.97. The van der Waals surface area contributed by atoms with Crippen LogP contribution in [0.1, 0.15) is 5.82 Å². The van der Waals surface area contributed by atoms with Crippen LogP contribution >= 0.6 is 0 Å². The van der Waals surface area contributed by atoms with Crippen LogP contribution in [0.4, 0.5) is 5.69 Å². The van der Waals surface area contributed by atoms with E-state index in [0.717, 1.165) is 28.3 Å². The van der Waals surface area contributed by atoms with Crippen molar-refractivity contribution >= 4 is 16.7 Å². The molecule has 0 aliphatic rings. The highest BCUT2D eigenvalue weighted by atomic mass is 16.5. The second-order valence-electron chi connectivity index (χ2n) is 4.29. The van der Waals surface area contributed by atoms with E-state index >= 15 is 0 Å². The second kappa shape index (κ2) is 5.02. The molecule has 4 heteroatoms. The Bertz CT molecular complexity index is 657. The summed E-state index contributed by atoms with van der Waals surface area (Å²) in [5.41, 5.74) is 3.06. The number of imidazole rings is 1. The van der Waals surface area contributed by atoms with Crippen LogP contribution < -0.4 is 10.1 Å². The van der Waals surface area contributed by atoms with E-state index in [1.165, 1.54) is 0 Å². The Morgan fingerprint density at radius 1 is 1.16 bits per heavy atom. The minimum absolute atomic E-state index is 0.655. The predicted octanol–water partition coefficient (Wildman–Crippen LogP) is 3.18. The van der Waals surface area contributed by atoms with Crippen molar-refractivity contribution in [2.24, 2.45) is 0 Å². The lowest BCUT2D eigenvalue weighted by atomic mass is 10.3. The van der Waals surface area contributed by atoms with Crippen LogP contribution in [0.5, 0.6) is 5.75 Å². The van der Waals surface area contributed by atoms with Crippen molar-refractivity contribution in [3.05, 3.63) is 54.4 Å². The summed E-state index contributed by atoms with van der Waals surface area (Å²) in [4.78, 5) is 7.81. The molecular formula is C15H15N3O. The fraction of sp³-hybridized carbons (Fsp3) is 0.133. The van der Waals surface area contributed by atoms with Gasteiger partial charge in [0.05, 0.1) is 24.7 Å². The van der Waals surface area contributed by atoms with E-state index in [2.05, 4.69) is 15.3 Å². The highest BCUT2D eigenvalue weighted by Crippen LogP contribution is 2.17. The van der Waals surface area contributed by atoms with Gasteiger partial charge in [-0.25, -0.2) is 4.98 Å². The lowest BCUT2D eigenvalue weighted by molar-refractivity contribution is 0.415. The molecule has 0 unspecified atom stereocenters. The number of ether oxygens (including phenoxy) is 1. The lowest BCUT2D eigenvalue weighted by Gasteiger charge is -2.06. The van der Waals surface area contributed by atoms with E-state index in [9.17, 15) is 0 Å². The summed E-state index contributed by atoms with van der Waals surface area (Å²) in [6, 6.07) is 15.9. The van der Waals surface area contributed by atoms with E-state index in [1.54, 1.807) is 7.11 Å². The van der Waals surface area contributed by atoms with Gasteiger partial charge in [-0.15, -0.1) is 0 Å². The molecule has 3 aromatic rings. The number of para-hydroxylation sites is 2. The molecule has 3 rings (SSSR count). The van der Waals surface area contributed by atoms with Crippen LogP contribution in [0.15, 0.2) is 48.5 Å². The molecule has 1 aromatic heterocycles. The zero-order valence-electron chi connectivity index (χ0n) is 10.7. The molecule has 1 heterocycles. The number of aromatic nitrogens is 2. The van der Waals surface area contributed by atoms with E-state index in [-0.39, 0.29) is 0 Å². The van der Waals surface area contributed by atoms with Crippen LogP contribution in [0.25, 0.3) is 11.0 Å². The van der Waals surface area contributed by atoms with E-state index < -0.39 is 0 Å². The summed E-state index contributed by atoms with van der Waals surface area (Å²) in [7, 11) is 1.67. The molecule has 0 saturated carbocycles. The number of anilines is 1. The van der Waals surface area contributed by atoms with Crippen molar-refractivity contribution in [3.63, 3.8) is 0 Å². The van der Waals surface area contributed by atoms with Gasteiger partial charge >= 0.3 is 0 Å². The van der Waals surface area contributed by atoms with Gasteiger partial charge in [-0.1, -0.05) is 18.2 Å². The highest BCUT2D eigenvalue weighted by Gasteiger charge is 2.02. The molecule has 0 fully saturated rings. The Kier molecular flexibility index (Phi) is 3.06. The molecule has 2 N–H and O–H groups in total. The first kappa shape index (κ1) is 11.6. The van der Waals surface area contributed by atoms with Gasteiger partial charge in [-0.05, 0) is 24.3 Å². The van der Waals surface area contributed by atoms with Crippen LogP contribution in [-0.2, 0) is 6.54 Å². The molecule has 0 bridgehead atoms. The highest BCUT2D eigenvalue weighted by molar-refractivity contribution is 5.74. The second-order valence-corrected chi connectivity index (χ2v) is 4.29. The Morgan fingerprint density at radius 3 is 2.89 bits per heavy atom. The van der Waals surface area contributed by atoms with Gasteiger partial charge in [0.25, 0.3) is 0 Å². The first-order valence-corrected chi connectivity index (χ1v) is 6.17. The van der Waals surface area contributed by atoms with Crippen molar-refractivity contribution in [2.45, 2.75) is 6.54 Å². The Balaban J connectivity index is 1.74. The molecule has 2 aromatic carbocycles. The first-order chi connectivity index (χ1) is 9.35. The largest absolute Gasteiger partial charge is 0.497 e. The molecule has 0 radical (unpaired) electrons. The normalized spacial score (nSPS) is 10.6. The number of benzene rings is 2. The smallest absolute Gasteiger partial charge is 0.126 e. The summed E-state index contributed by atoms with van der Waals surface area (Å²) in [6.07, 6.45) is 0. The minimum atomic E-state index is 0.655. The molecule has 0 saturated heterocycles. The number of nitrogens with zero attached hydrogens (tertiary/aromatic N) is 1. The predicted molar refractivity (Wildman–Crippen MR) is 76.4 cm³/mol. The van der Waals surface area contributed by atoms with Gasteiger partial charge in [0, 0.05) is 11.8 Å². The SMILES string of the molecule is COc1cccc(NCc2nc3ccccc3[nH]2)c1. The fourth-order valence-electron chi connectivity index (χ4n) is 2.01. The van der Waals surface area contributed by atoms with Gasteiger partial charge in [-0.3, -0.25) is 0 Å². The third kappa shape index (κ3) is 2.52. The monoisotopic (exact) mass is 253 g/mol. The summed E-state index contributed by atoms with van der Waals surface area (Å²) >= 11 is 0. The molecule has 0 aliphatic carbocycles. The Hall–Kier alpha value is -2.49. The van der Waals surface area contributed by atoms with E-state index in [1.807, 2.05) is 48.5 Å². The Morgan fingerprint density at radius 2 is 2.05 bits per heavy atom. The van der Waals surface area contributed by atoms with Crippen molar-refractivity contribution in [2.75, 3.05) is 12.4 Å². The number of rotatable bonds is 4. The van der Waals surface area contributed by atoms with Gasteiger partial charge in [0.1, 0.15) is 11.6 Å². The number of fused-ring (bicyclic) bond motifs is 1. The topological polar surface area (TPSA) is 49.9 Å². The number of hydrogen-bond acceptors (Lipinski definition) is 3. The average molecular weight is 253 g/mol. The van der Waals surface area contributed by atoms with Crippen LogP contribution in [0, 0.1) is 0 Å². The number of H-pyrrole nitrogens is 1. The standard InChI is InChI=1S/C15H15N3O/c1-19-12-6-4-5-11(9-12)16-10-15-17-13-7-2-3-8-14(13)18-15/h2-9,16H,10H2,1H3,(H,17,18). The van der Waals surface area contributed by atoms with Crippen molar-refractivity contribution in [1.29, 1.82) is 0 Å².